The second-order valence-corrected chi connectivity index (χ2v) is 6.68. The van der Waals surface area contributed by atoms with Crippen LogP contribution in [0.4, 0.5) is 0 Å². The average molecular weight is 276 g/mol. The molecule has 0 unspecified atom stereocenters. The Morgan fingerprint density at radius 3 is 2.55 bits per heavy atom. The molecule has 0 aliphatic carbocycles. The van der Waals surface area contributed by atoms with Crippen LogP contribution < -0.4 is 5.32 Å². The number of nitrogens with zero attached hydrogens (tertiary/aromatic N) is 1. The van der Waals surface area contributed by atoms with Crippen LogP contribution in [0.1, 0.15) is 46.1 Å². The number of benzene rings is 1. The largest absolute Gasteiger partial charge is 0.508 e. The van der Waals surface area contributed by atoms with Crippen molar-refractivity contribution >= 4 is 0 Å². The first-order valence-electron chi connectivity index (χ1n) is 7.69. The van der Waals surface area contributed by atoms with Gasteiger partial charge in [-0.15, -0.1) is 0 Å². The highest BCUT2D eigenvalue weighted by molar-refractivity contribution is 5.27. The van der Waals surface area contributed by atoms with Gasteiger partial charge >= 0.3 is 0 Å². The minimum absolute atomic E-state index is 0.138. The van der Waals surface area contributed by atoms with Crippen molar-refractivity contribution in [1.29, 1.82) is 0 Å². The smallest absolute Gasteiger partial charge is 0.115 e. The molecule has 20 heavy (non-hydrogen) atoms. The molecule has 0 atom stereocenters. The van der Waals surface area contributed by atoms with Crippen molar-refractivity contribution in [3.63, 3.8) is 0 Å². The molecule has 1 saturated heterocycles. The number of nitrogens with one attached hydrogen (secondary N) is 1. The number of rotatable bonds is 4. The number of hydrogen-bond donors (Lipinski definition) is 2. The molecule has 2 N–H and O–H groups in total. The van der Waals surface area contributed by atoms with E-state index in [-0.39, 0.29) is 11.1 Å². The summed E-state index contributed by atoms with van der Waals surface area (Å²) in [4.78, 5) is 2.55. The zero-order valence-corrected chi connectivity index (χ0v) is 13.2. The van der Waals surface area contributed by atoms with Gasteiger partial charge in [-0.3, -0.25) is 4.90 Å². The average Bonchev–Trinajstić information content (AvgIpc) is 2.42. The summed E-state index contributed by atoms with van der Waals surface area (Å²) >= 11 is 0. The van der Waals surface area contributed by atoms with Crippen molar-refractivity contribution in [2.24, 2.45) is 0 Å². The minimum Gasteiger partial charge on any atom is -0.508 e. The fourth-order valence-corrected chi connectivity index (χ4v) is 3.02. The molecule has 0 radical (unpaired) electrons. The van der Waals surface area contributed by atoms with Gasteiger partial charge in [0, 0.05) is 30.7 Å². The molecular formula is C17H28N2O. The monoisotopic (exact) mass is 276 g/mol. The Morgan fingerprint density at radius 2 is 1.95 bits per heavy atom. The van der Waals surface area contributed by atoms with Crippen LogP contribution in [-0.2, 0) is 6.54 Å². The Balaban J connectivity index is 2.18. The van der Waals surface area contributed by atoms with E-state index in [2.05, 4.69) is 44.0 Å². The van der Waals surface area contributed by atoms with Gasteiger partial charge in [0.2, 0.25) is 0 Å². The van der Waals surface area contributed by atoms with E-state index in [0.717, 1.165) is 32.5 Å². The van der Waals surface area contributed by atoms with E-state index in [4.69, 9.17) is 0 Å². The van der Waals surface area contributed by atoms with Crippen LogP contribution in [0.5, 0.6) is 5.75 Å². The van der Waals surface area contributed by atoms with Crippen LogP contribution in [-0.4, -0.2) is 34.2 Å². The molecule has 0 aromatic heterocycles. The number of hydrogen-bond acceptors (Lipinski definition) is 3. The molecule has 0 amide bonds. The van der Waals surface area contributed by atoms with Crippen LogP contribution in [0.2, 0.25) is 0 Å². The molecule has 1 aliphatic rings. The molecule has 2 rings (SSSR count). The van der Waals surface area contributed by atoms with Crippen molar-refractivity contribution < 1.29 is 5.11 Å². The van der Waals surface area contributed by atoms with E-state index in [1.807, 2.05) is 12.1 Å². The molecule has 3 nitrogen and oxygen atoms in total. The van der Waals surface area contributed by atoms with Crippen molar-refractivity contribution in [2.75, 3.05) is 13.1 Å². The Kier molecular flexibility index (Phi) is 4.40. The Bertz CT molecular complexity index is 452. The van der Waals surface area contributed by atoms with Gasteiger partial charge in [-0.2, -0.15) is 0 Å². The topological polar surface area (TPSA) is 35.5 Å². The van der Waals surface area contributed by atoms with Crippen molar-refractivity contribution in [3.05, 3.63) is 29.8 Å². The van der Waals surface area contributed by atoms with E-state index in [0.29, 0.717) is 5.75 Å². The first-order chi connectivity index (χ1) is 9.41. The standard InChI is InChI=1S/C17H28N2O/c1-5-17(6-2)13-19(16(3,4)12-18-17)11-14-8-7-9-15(20)10-14/h7-10,18,20H,5-6,11-13H2,1-4H3. The summed E-state index contributed by atoms with van der Waals surface area (Å²) in [6.45, 7) is 12.1. The van der Waals surface area contributed by atoms with E-state index < -0.39 is 0 Å². The molecule has 112 valence electrons. The maximum Gasteiger partial charge on any atom is 0.115 e. The van der Waals surface area contributed by atoms with E-state index >= 15 is 0 Å². The lowest BCUT2D eigenvalue weighted by Crippen LogP contribution is -2.67. The van der Waals surface area contributed by atoms with Crippen LogP contribution in [0, 0.1) is 0 Å². The molecule has 0 bridgehead atoms. The van der Waals surface area contributed by atoms with Gasteiger partial charge in [-0.1, -0.05) is 26.0 Å². The second-order valence-electron chi connectivity index (χ2n) is 6.68. The third kappa shape index (κ3) is 3.15. The molecule has 1 aromatic rings. The maximum absolute atomic E-state index is 9.64. The Hall–Kier alpha value is -1.06. The summed E-state index contributed by atoms with van der Waals surface area (Å²) in [5.74, 6) is 0.354. The molecular weight excluding hydrogens is 248 g/mol. The van der Waals surface area contributed by atoms with Crippen LogP contribution in [0.3, 0.4) is 0 Å². The van der Waals surface area contributed by atoms with Gasteiger partial charge in [-0.25, -0.2) is 0 Å². The predicted octanol–water partition coefficient (Wildman–Crippen LogP) is 3.13. The molecule has 0 saturated carbocycles. The van der Waals surface area contributed by atoms with Crippen molar-refractivity contribution in [3.8, 4) is 5.75 Å². The second kappa shape index (κ2) is 5.74. The lowest BCUT2D eigenvalue weighted by atomic mass is 9.84. The number of piperazine rings is 1. The summed E-state index contributed by atoms with van der Waals surface area (Å²) in [6.07, 6.45) is 2.30. The zero-order valence-electron chi connectivity index (χ0n) is 13.2. The van der Waals surface area contributed by atoms with Crippen molar-refractivity contribution in [2.45, 2.75) is 58.2 Å². The molecule has 1 heterocycles. The predicted molar refractivity (Wildman–Crippen MR) is 83.9 cm³/mol. The highest BCUT2D eigenvalue weighted by atomic mass is 16.3. The Labute approximate surface area is 123 Å². The minimum atomic E-state index is 0.138. The highest BCUT2D eigenvalue weighted by Crippen LogP contribution is 2.29. The molecule has 3 heteroatoms. The number of aromatic hydroxyl groups is 1. The van der Waals surface area contributed by atoms with Gasteiger partial charge in [0.05, 0.1) is 0 Å². The maximum atomic E-state index is 9.64. The first kappa shape index (κ1) is 15.3. The third-order valence-electron chi connectivity index (χ3n) is 4.88. The molecule has 1 aromatic carbocycles. The summed E-state index contributed by atoms with van der Waals surface area (Å²) in [5.41, 5.74) is 1.55. The number of phenolic OH excluding ortho intramolecular Hbond substituents is 1. The summed E-state index contributed by atoms with van der Waals surface area (Å²) in [6, 6.07) is 7.62. The summed E-state index contributed by atoms with van der Waals surface area (Å²) in [7, 11) is 0. The van der Waals surface area contributed by atoms with Crippen LogP contribution >= 0.6 is 0 Å². The van der Waals surface area contributed by atoms with E-state index in [9.17, 15) is 5.11 Å². The fraction of sp³-hybridized carbons (Fsp3) is 0.647. The number of phenols is 1. The van der Waals surface area contributed by atoms with E-state index in [1.54, 1.807) is 6.07 Å². The van der Waals surface area contributed by atoms with Gasteiger partial charge in [0.1, 0.15) is 5.75 Å². The SMILES string of the molecule is CCC1(CC)CN(Cc2cccc(O)c2)C(C)(C)CN1. The quantitative estimate of drug-likeness (QED) is 0.887. The lowest BCUT2D eigenvalue weighted by molar-refractivity contribution is 0.0161. The highest BCUT2D eigenvalue weighted by Gasteiger charge is 2.40. The van der Waals surface area contributed by atoms with Crippen LogP contribution in [0.25, 0.3) is 0 Å². The van der Waals surface area contributed by atoms with Crippen molar-refractivity contribution in [1.82, 2.24) is 10.2 Å². The van der Waals surface area contributed by atoms with Gasteiger partial charge in [-0.05, 0) is 44.4 Å². The fourth-order valence-electron chi connectivity index (χ4n) is 3.02. The summed E-state index contributed by atoms with van der Waals surface area (Å²) < 4.78 is 0. The summed E-state index contributed by atoms with van der Waals surface area (Å²) in [5, 5.41) is 13.4. The normalized spacial score (nSPS) is 21.8. The first-order valence-corrected chi connectivity index (χ1v) is 7.69. The van der Waals surface area contributed by atoms with E-state index in [1.165, 1.54) is 5.56 Å². The molecule has 1 fully saturated rings. The van der Waals surface area contributed by atoms with Crippen LogP contribution in [0.15, 0.2) is 24.3 Å². The third-order valence-corrected chi connectivity index (χ3v) is 4.88. The molecule has 1 aliphatic heterocycles. The molecule has 0 spiro atoms. The van der Waals surface area contributed by atoms with Gasteiger partial charge < -0.3 is 10.4 Å². The van der Waals surface area contributed by atoms with Gasteiger partial charge in [0.25, 0.3) is 0 Å². The Morgan fingerprint density at radius 1 is 1.25 bits per heavy atom. The lowest BCUT2D eigenvalue weighted by Gasteiger charge is -2.52. The van der Waals surface area contributed by atoms with Gasteiger partial charge in [0.15, 0.2) is 0 Å². The zero-order chi connectivity index (χ0) is 14.8.